The first-order chi connectivity index (χ1) is 9.44. The number of rotatable bonds is 6. The topological polar surface area (TPSA) is 30.5 Å². The number of nitrogens with one attached hydrogen (secondary N) is 1. The lowest BCUT2D eigenvalue weighted by molar-refractivity contribution is -0.137. The third kappa shape index (κ3) is 4.89. The number of ether oxygens (including phenoxy) is 2. The van der Waals surface area contributed by atoms with Gasteiger partial charge in [0.05, 0.1) is 12.7 Å². The van der Waals surface area contributed by atoms with Crippen molar-refractivity contribution >= 4 is 0 Å². The van der Waals surface area contributed by atoms with Crippen LogP contribution in [0, 0.1) is 5.92 Å². The van der Waals surface area contributed by atoms with Crippen molar-refractivity contribution in [3.8, 4) is 0 Å². The highest BCUT2D eigenvalue weighted by Crippen LogP contribution is 2.21. The summed E-state index contributed by atoms with van der Waals surface area (Å²) in [4.78, 5) is 0. The van der Waals surface area contributed by atoms with Gasteiger partial charge in [-0.3, -0.25) is 0 Å². The molecule has 0 radical (unpaired) electrons. The lowest BCUT2D eigenvalue weighted by Gasteiger charge is -2.17. The van der Waals surface area contributed by atoms with Gasteiger partial charge >= 0.3 is 0 Å². The molecule has 3 heteroatoms. The molecule has 1 saturated heterocycles. The van der Waals surface area contributed by atoms with Gasteiger partial charge in [-0.15, -0.1) is 0 Å². The van der Waals surface area contributed by atoms with E-state index in [1.165, 1.54) is 11.1 Å². The van der Waals surface area contributed by atoms with Crippen molar-refractivity contribution in [3.63, 3.8) is 0 Å². The van der Waals surface area contributed by atoms with Crippen LogP contribution in [0.1, 0.15) is 38.8 Å². The Kier molecular flexibility index (Phi) is 5.19. The molecule has 1 aliphatic rings. The maximum Gasteiger partial charge on any atom is 0.163 e. The molecule has 0 bridgehead atoms. The summed E-state index contributed by atoms with van der Waals surface area (Å²) < 4.78 is 11.3. The smallest absolute Gasteiger partial charge is 0.163 e. The van der Waals surface area contributed by atoms with Gasteiger partial charge in [-0.05, 0) is 37.3 Å². The van der Waals surface area contributed by atoms with Crippen LogP contribution in [-0.4, -0.2) is 25.0 Å². The molecule has 0 aromatic heterocycles. The van der Waals surface area contributed by atoms with Crippen LogP contribution in [0.3, 0.4) is 0 Å². The first-order valence-electron chi connectivity index (χ1n) is 7.55. The summed E-state index contributed by atoms with van der Waals surface area (Å²) in [6, 6.07) is 8.88. The molecule has 1 aliphatic heterocycles. The summed E-state index contributed by atoms with van der Waals surface area (Å²) in [6.45, 7) is 10.8. The van der Waals surface area contributed by atoms with Crippen LogP contribution < -0.4 is 5.32 Å². The Morgan fingerprint density at radius 3 is 2.40 bits per heavy atom. The summed E-state index contributed by atoms with van der Waals surface area (Å²) in [5, 5.41) is 3.44. The average Bonchev–Trinajstić information content (AvgIpc) is 2.70. The predicted molar refractivity (Wildman–Crippen MR) is 81.6 cm³/mol. The average molecular weight is 277 g/mol. The van der Waals surface area contributed by atoms with Gasteiger partial charge in [0, 0.05) is 13.1 Å². The van der Waals surface area contributed by atoms with Crippen molar-refractivity contribution in [2.24, 2.45) is 5.92 Å². The predicted octanol–water partition coefficient (Wildman–Crippen LogP) is 3.13. The fourth-order valence-corrected chi connectivity index (χ4v) is 2.51. The van der Waals surface area contributed by atoms with Crippen LogP contribution in [0.25, 0.3) is 0 Å². The molecule has 3 nitrogen and oxygen atoms in total. The van der Waals surface area contributed by atoms with Gasteiger partial charge in [0.15, 0.2) is 5.79 Å². The Morgan fingerprint density at radius 1 is 1.20 bits per heavy atom. The van der Waals surface area contributed by atoms with E-state index in [4.69, 9.17) is 9.47 Å². The van der Waals surface area contributed by atoms with Gasteiger partial charge in [-0.2, -0.15) is 0 Å². The second-order valence-corrected chi connectivity index (χ2v) is 6.50. The Hall–Kier alpha value is -0.900. The van der Waals surface area contributed by atoms with Crippen molar-refractivity contribution in [2.45, 2.75) is 52.6 Å². The molecule has 0 aliphatic carbocycles. The third-order valence-electron chi connectivity index (χ3n) is 3.44. The normalized spacial score (nSPS) is 21.6. The van der Waals surface area contributed by atoms with Gasteiger partial charge in [0.2, 0.25) is 0 Å². The van der Waals surface area contributed by atoms with Crippen molar-refractivity contribution in [1.82, 2.24) is 5.32 Å². The van der Waals surface area contributed by atoms with Crippen LogP contribution in [-0.2, 0) is 22.4 Å². The van der Waals surface area contributed by atoms with Crippen LogP contribution in [0.15, 0.2) is 24.3 Å². The van der Waals surface area contributed by atoms with Crippen molar-refractivity contribution in [1.29, 1.82) is 0 Å². The zero-order chi connectivity index (χ0) is 14.6. The van der Waals surface area contributed by atoms with Crippen molar-refractivity contribution in [2.75, 3.05) is 13.2 Å². The largest absolute Gasteiger partial charge is 0.348 e. The lowest BCUT2D eigenvalue weighted by atomic mass is 10.0. The van der Waals surface area contributed by atoms with Crippen LogP contribution in [0.2, 0.25) is 0 Å². The monoisotopic (exact) mass is 277 g/mol. The first kappa shape index (κ1) is 15.5. The minimum absolute atomic E-state index is 0.158. The van der Waals surface area contributed by atoms with E-state index in [9.17, 15) is 0 Å². The fraction of sp³-hybridized carbons (Fsp3) is 0.647. The molecule has 1 aromatic carbocycles. The van der Waals surface area contributed by atoms with Gasteiger partial charge in [0.25, 0.3) is 0 Å². The molecule has 0 amide bonds. The van der Waals surface area contributed by atoms with Gasteiger partial charge in [0.1, 0.15) is 0 Å². The molecule has 0 saturated carbocycles. The zero-order valence-electron chi connectivity index (χ0n) is 13.1. The Labute approximate surface area is 122 Å². The molecule has 1 fully saturated rings. The Morgan fingerprint density at radius 2 is 1.85 bits per heavy atom. The highest BCUT2D eigenvalue weighted by Gasteiger charge is 2.32. The SMILES string of the molecule is CC(C)Cc1ccc(CNCC2COC(C)(C)O2)cc1. The van der Waals surface area contributed by atoms with E-state index >= 15 is 0 Å². The molecule has 1 heterocycles. The quantitative estimate of drug-likeness (QED) is 0.866. The van der Waals surface area contributed by atoms with E-state index < -0.39 is 5.79 Å². The fourth-order valence-electron chi connectivity index (χ4n) is 2.51. The highest BCUT2D eigenvalue weighted by atomic mass is 16.7. The summed E-state index contributed by atoms with van der Waals surface area (Å²) in [6.07, 6.45) is 1.31. The van der Waals surface area contributed by atoms with Gasteiger partial charge < -0.3 is 14.8 Å². The highest BCUT2D eigenvalue weighted by molar-refractivity contribution is 5.22. The minimum Gasteiger partial charge on any atom is -0.348 e. The Balaban J connectivity index is 1.72. The van der Waals surface area contributed by atoms with E-state index in [0.717, 1.165) is 19.5 Å². The maximum absolute atomic E-state index is 5.76. The second kappa shape index (κ2) is 6.70. The standard InChI is InChI=1S/C17H27NO2/c1-13(2)9-14-5-7-15(8-6-14)10-18-11-16-12-19-17(3,4)20-16/h5-8,13,16,18H,9-12H2,1-4H3. The molecule has 1 aromatic rings. The third-order valence-corrected chi connectivity index (χ3v) is 3.44. The molecule has 20 heavy (non-hydrogen) atoms. The number of benzene rings is 1. The molecular weight excluding hydrogens is 250 g/mol. The van der Waals surface area contributed by atoms with Crippen LogP contribution >= 0.6 is 0 Å². The Bertz CT molecular complexity index is 412. The number of hydrogen-bond donors (Lipinski definition) is 1. The second-order valence-electron chi connectivity index (χ2n) is 6.50. The summed E-state index contributed by atoms with van der Waals surface area (Å²) in [5.41, 5.74) is 2.73. The van der Waals surface area contributed by atoms with E-state index in [1.807, 2.05) is 13.8 Å². The van der Waals surface area contributed by atoms with Crippen LogP contribution in [0.4, 0.5) is 0 Å². The summed E-state index contributed by atoms with van der Waals surface area (Å²) >= 11 is 0. The van der Waals surface area contributed by atoms with Gasteiger partial charge in [-0.25, -0.2) is 0 Å². The minimum atomic E-state index is -0.426. The molecule has 2 rings (SSSR count). The molecule has 0 spiro atoms. The maximum atomic E-state index is 5.76. The van der Waals surface area contributed by atoms with Gasteiger partial charge in [-0.1, -0.05) is 38.1 Å². The lowest BCUT2D eigenvalue weighted by Crippen LogP contribution is -2.30. The van der Waals surface area contributed by atoms with E-state index in [2.05, 4.69) is 43.4 Å². The summed E-state index contributed by atoms with van der Waals surface area (Å²) in [7, 11) is 0. The molecular formula is C17H27NO2. The van der Waals surface area contributed by atoms with Crippen molar-refractivity contribution in [3.05, 3.63) is 35.4 Å². The molecule has 112 valence electrons. The van der Waals surface area contributed by atoms with E-state index in [0.29, 0.717) is 12.5 Å². The number of hydrogen-bond acceptors (Lipinski definition) is 3. The first-order valence-corrected chi connectivity index (χ1v) is 7.55. The van der Waals surface area contributed by atoms with Crippen LogP contribution in [0.5, 0.6) is 0 Å². The summed E-state index contributed by atoms with van der Waals surface area (Å²) in [5.74, 6) is 0.284. The van der Waals surface area contributed by atoms with Crippen molar-refractivity contribution < 1.29 is 9.47 Å². The molecule has 1 unspecified atom stereocenters. The molecule has 1 N–H and O–H groups in total. The van der Waals surface area contributed by atoms with E-state index in [1.54, 1.807) is 0 Å². The van der Waals surface area contributed by atoms with E-state index in [-0.39, 0.29) is 6.10 Å². The molecule has 1 atom stereocenters. The zero-order valence-corrected chi connectivity index (χ0v) is 13.1.